The van der Waals surface area contributed by atoms with E-state index in [4.69, 9.17) is 0 Å². The molecule has 2 aromatic carbocycles. The van der Waals surface area contributed by atoms with Crippen LogP contribution >= 0.6 is 11.8 Å². The van der Waals surface area contributed by atoms with Crippen LogP contribution in [0.1, 0.15) is 40.7 Å². The molecule has 0 unspecified atom stereocenters. The Balaban J connectivity index is 1.75. The quantitative estimate of drug-likeness (QED) is 0.235. The number of nitro benzene ring substituents is 1. The second kappa shape index (κ2) is 9.24. The van der Waals surface area contributed by atoms with Crippen LogP contribution in [0.3, 0.4) is 0 Å². The molecule has 4 rings (SSSR count). The van der Waals surface area contributed by atoms with E-state index in [-0.39, 0.29) is 5.69 Å². The zero-order valence-electron chi connectivity index (χ0n) is 17.4. The van der Waals surface area contributed by atoms with E-state index in [1.807, 2.05) is 0 Å². The molecule has 0 saturated carbocycles. The highest BCUT2D eigenvalue weighted by atomic mass is 32.2. The van der Waals surface area contributed by atoms with Gasteiger partial charge in [0.15, 0.2) is 0 Å². The lowest BCUT2D eigenvalue weighted by Gasteiger charge is -2.22. The monoisotopic (exact) mass is 469 g/mol. The van der Waals surface area contributed by atoms with Crippen LogP contribution in [0.15, 0.2) is 53.6 Å². The van der Waals surface area contributed by atoms with E-state index in [1.165, 1.54) is 30.0 Å². The van der Waals surface area contributed by atoms with Gasteiger partial charge in [0.2, 0.25) is 0 Å². The fourth-order valence-corrected chi connectivity index (χ4v) is 4.93. The van der Waals surface area contributed by atoms with Gasteiger partial charge in [-0.2, -0.15) is 18.4 Å². The van der Waals surface area contributed by atoms with Gasteiger partial charge in [-0.3, -0.25) is 10.1 Å². The van der Waals surface area contributed by atoms with Gasteiger partial charge in [0.25, 0.3) is 5.69 Å². The van der Waals surface area contributed by atoms with Gasteiger partial charge in [-0.15, -0.1) is 11.8 Å². The van der Waals surface area contributed by atoms with Crippen LogP contribution in [0.5, 0.6) is 0 Å². The molecule has 9 heteroatoms. The highest BCUT2D eigenvalue weighted by Crippen LogP contribution is 2.39. The summed E-state index contributed by atoms with van der Waals surface area (Å²) in [5.41, 5.74) is 3.10. The SMILES string of the molecule is N#Cc1c(SCc2ccc([N+](=O)[O-])cc2)nc(-c2cccc(C(F)(F)F)c2)c2c1CCCC2. The summed E-state index contributed by atoms with van der Waals surface area (Å²) in [7, 11) is 0. The Kier molecular flexibility index (Phi) is 6.38. The Hall–Kier alpha value is -3.38. The summed E-state index contributed by atoms with van der Waals surface area (Å²) in [6.07, 6.45) is -1.33. The van der Waals surface area contributed by atoms with Gasteiger partial charge in [-0.25, -0.2) is 4.98 Å². The number of nitriles is 1. The van der Waals surface area contributed by atoms with Gasteiger partial charge >= 0.3 is 6.18 Å². The fourth-order valence-electron chi connectivity index (χ4n) is 3.96. The minimum Gasteiger partial charge on any atom is -0.258 e. The van der Waals surface area contributed by atoms with Gasteiger partial charge in [0.1, 0.15) is 11.1 Å². The summed E-state index contributed by atoms with van der Waals surface area (Å²) >= 11 is 1.30. The summed E-state index contributed by atoms with van der Waals surface area (Å²) in [6, 6.07) is 13.5. The average molecular weight is 469 g/mol. The van der Waals surface area contributed by atoms with Gasteiger partial charge in [-0.1, -0.05) is 24.3 Å². The second-order valence-electron chi connectivity index (χ2n) is 7.71. The molecule has 1 aromatic heterocycles. The number of non-ortho nitro benzene ring substituents is 1. The Morgan fingerprint density at radius 3 is 2.42 bits per heavy atom. The number of halogens is 3. The lowest BCUT2D eigenvalue weighted by Crippen LogP contribution is -2.11. The van der Waals surface area contributed by atoms with Crippen molar-refractivity contribution >= 4 is 17.4 Å². The third-order valence-electron chi connectivity index (χ3n) is 5.58. The van der Waals surface area contributed by atoms with E-state index < -0.39 is 16.7 Å². The predicted octanol–water partition coefficient (Wildman–Crippen LogP) is 6.72. The van der Waals surface area contributed by atoms with Crippen molar-refractivity contribution in [1.29, 1.82) is 5.26 Å². The third-order valence-corrected chi connectivity index (χ3v) is 6.63. The maximum atomic E-state index is 13.3. The van der Waals surface area contributed by atoms with Crippen LogP contribution in [-0.2, 0) is 24.8 Å². The van der Waals surface area contributed by atoms with Crippen molar-refractivity contribution in [2.75, 3.05) is 0 Å². The van der Waals surface area contributed by atoms with Crippen molar-refractivity contribution in [2.24, 2.45) is 0 Å². The molecule has 0 bridgehead atoms. The predicted molar refractivity (Wildman–Crippen MR) is 119 cm³/mol. The number of thioether (sulfide) groups is 1. The number of nitro groups is 1. The standard InChI is InChI=1S/C24H18F3N3O2S/c25-24(26,27)17-5-3-4-16(12-17)22-20-7-2-1-6-19(20)21(13-28)23(29-22)33-14-15-8-10-18(11-9-15)30(31)32/h3-5,8-12H,1-2,6-7,14H2. The smallest absolute Gasteiger partial charge is 0.258 e. The highest BCUT2D eigenvalue weighted by Gasteiger charge is 2.31. The van der Waals surface area contributed by atoms with Crippen molar-refractivity contribution in [3.05, 3.63) is 86.5 Å². The molecule has 1 aliphatic carbocycles. The van der Waals surface area contributed by atoms with Crippen LogP contribution in [0.2, 0.25) is 0 Å². The molecule has 33 heavy (non-hydrogen) atoms. The fraction of sp³-hybridized carbons (Fsp3) is 0.250. The van der Waals surface area contributed by atoms with Crippen LogP contribution in [-0.4, -0.2) is 9.91 Å². The molecule has 0 radical (unpaired) electrons. The van der Waals surface area contributed by atoms with Crippen LogP contribution in [0.4, 0.5) is 18.9 Å². The minimum atomic E-state index is -4.46. The molecule has 0 spiro atoms. The van der Waals surface area contributed by atoms with Gasteiger partial charge in [0.05, 0.1) is 21.7 Å². The first-order valence-corrected chi connectivity index (χ1v) is 11.3. The first-order valence-electron chi connectivity index (χ1n) is 10.3. The van der Waals surface area contributed by atoms with Gasteiger partial charge in [-0.05, 0) is 54.5 Å². The largest absolute Gasteiger partial charge is 0.416 e. The van der Waals surface area contributed by atoms with Crippen LogP contribution in [0, 0.1) is 21.4 Å². The second-order valence-corrected chi connectivity index (χ2v) is 8.67. The third kappa shape index (κ3) is 4.86. The molecule has 0 saturated heterocycles. The lowest BCUT2D eigenvalue weighted by atomic mass is 9.86. The van der Waals surface area contributed by atoms with E-state index in [0.29, 0.717) is 40.4 Å². The van der Waals surface area contributed by atoms with Crippen LogP contribution < -0.4 is 0 Å². The summed E-state index contributed by atoms with van der Waals surface area (Å²) < 4.78 is 39.9. The first-order chi connectivity index (χ1) is 15.8. The summed E-state index contributed by atoms with van der Waals surface area (Å²) in [4.78, 5) is 15.1. The van der Waals surface area contributed by atoms with E-state index >= 15 is 0 Å². The molecule has 1 heterocycles. The molecular formula is C24H18F3N3O2S. The number of hydrogen-bond donors (Lipinski definition) is 0. The number of rotatable bonds is 5. The zero-order valence-corrected chi connectivity index (χ0v) is 18.2. The van der Waals surface area contributed by atoms with Crippen molar-refractivity contribution in [2.45, 2.75) is 42.6 Å². The lowest BCUT2D eigenvalue weighted by molar-refractivity contribution is -0.384. The Morgan fingerprint density at radius 2 is 1.79 bits per heavy atom. The molecular weight excluding hydrogens is 451 g/mol. The van der Waals surface area contributed by atoms with Crippen molar-refractivity contribution < 1.29 is 18.1 Å². The van der Waals surface area contributed by atoms with E-state index in [2.05, 4.69) is 11.1 Å². The van der Waals surface area contributed by atoms with E-state index in [0.717, 1.165) is 41.7 Å². The summed E-state index contributed by atoms with van der Waals surface area (Å²) in [5, 5.41) is 21.2. The Morgan fingerprint density at radius 1 is 1.09 bits per heavy atom. The number of fused-ring (bicyclic) bond motifs is 1. The maximum absolute atomic E-state index is 13.3. The normalized spacial score (nSPS) is 13.3. The number of nitrogens with zero attached hydrogens (tertiary/aromatic N) is 3. The molecule has 0 amide bonds. The van der Waals surface area contributed by atoms with Crippen molar-refractivity contribution in [1.82, 2.24) is 4.98 Å². The van der Waals surface area contributed by atoms with E-state index in [1.54, 1.807) is 18.2 Å². The topological polar surface area (TPSA) is 79.8 Å². The van der Waals surface area contributed by atoms with E-state index in [9.17, 15) is 28.5 Å². The number of hydrogen-bond acceptors (Lipinski definition) is 5. The molecule has 1 aliphatic rings. The highest BCUT2D eigenvalue weighted by molar-refractivity contribution is 7.98. The molecule has 0 aliphatic heterocycles. The summed E-state index contributed by atoms with van der Waals surface area (Å²) in [6.45, 7) is 0. The van der Waals surface area contributed by atoms with Gasteiger partial charge < -0.3 is 0 Å². The van der Waals surface area contributed by atoms with Crippen molar-refractivity contribution in [3.63, 3.8) is 0 Å². The molecule has 168 valence electrons. The molecule has 5 nitrogen and oxygen atoms in total. The molecule has 0 N–H and O–H groups in total. The van der Waals surface area contributed by atoms with Crippen molar-refractivity contribution in [3.8, 4) is 17.3 Å². The Labute approximate surface area is 192 Å². The van der Waals surface area contributed by atoms with Crippen LogP contribution in [0.25, 0.3) is 11.3 Å². The number of pyridine rings is 1. The number of aromatic nitrogens is 1. The summed E-state index contributed by atoms with van der Waals surface area (Å²) in [5.74, 6) is 0.417. The average Bonchev–Trinajstić information content (AvgIpc) is 2.81. The molecule has 0 fully saturated rings. The first kappa shape index (κ1) is 22.8. The number of alkyl halides is 3. The molecule has 3 aromatic rings. The number of benzene rings is 2. The zero-order chi connectivity index (χ0) is 23.6. The maximum Gasteiger partial charge on any atom is 0.416 e. The molecule has 0 atom stereocenters. The minimum absolute atomic E-state index is 0.0137. The van der Waals surface area contributed by atoms with Gasteiger partial charge in [0, 0.05) is 23.4 Å². The Bertz CT molecular complexity index is 1250.